The first-order chi connectivity index (χ1) is 32.2. The van der Waals surface area contributed by atoms with Crippen LogP contribution in [0, 0.1) is 17.8 Å². The number of benzene rings is 4. The van der Waals surface area contributed by atoms with Gasteiger partial charge in [-0.2, -0.15) is 0 Å². The van der Waals surface area contributed by atoms with Crippen LogP contribution in [0.1, 0.15) is 67.6 Å². The van der Waals surface area contributed by atoms with Crippen molar-refractivity contribution in [3.8, 4) is 23.0 Å². The van der Waals surface area contributed by atoms with Crippen LogP contribution in [-0.2, 0) is 27.5 Å². The van der Waals surface area contributed by atoms with Gasteiger partial charge in [-0.1, -0.05) is 90.8 Å². The van der Waals surface area contributed by atoms with Crippen molar-refractivity contribution in [2.45, 2.75) is 75.9 Å². The second kappa shape index (κ2) is 22.7. The molecule has 0 bridgehead atoms. The predicted molar refractivity (Wildman–Crippen MR) is 250 cm³/mol. The van der Waals surface area contributed by atoms with Crippen LogP contribution < -0.4 is 24.3 Å². The number of fused-ring (bicyclic) bond motifs is 2. The molecule has 350 valence electrons. The molecule has 7 rings (SSSR count). The zero-order valence-electron chi connectivity index (χ0n) is 37.9. The summed E-state index contributed by atoms with van der Waals surface area (Å²) in [6, 6.07) is 28.8. The van der Waals surface area contributed by atoms with E-state index in [1.807, 2.05) is 66.7 Å². The molecule has 0 spiro atoms. The van der Waals surface area contributed by atoms with Gasteiger partial charge in [0.2, 0.25) is 5.79 Å². The molecule has 1 saturated carbocycles. The van der Waals surface area contributed by atoms with Gasteiger partial charge in [0, 0.05) is 44.2 Å². The van der Waals surface area contributed by atoms with E-state index in [4.69, 9.17) is 38.4 Å². The highest BCUT2D eigenvalue weighted by Crippen LogP contribution is 2.62. The molecule has 14 nitrogen and oxygen atoms in total. The molecule has 0 aromatic heterocycles. The molecule has 4 aromatic rings. The van der Waals surface area contributed by atoms with Gasteiger partial charge in [0.1, 0.15) is 42.3 Å². The average molecular weight is 904 g/mol. The van der Waals surface area contributed by atoms with Crippen LogP contribution >= 0.6 is 0 Å². The van der Waals surface area contributed by atoms with E-state index in [0.717, 1.165) is 47.9 Å². The number of methoxy groups -OCH3 is 2. The Morgan fingerprint density at radius 1 is 0.879 bits per heavy atom. The summed E-state index contributed by atoms with van der Waals surface area (Å²) < 4.78 is 37.0. The number of hydrogen-bond donors (Lipinski definition) is 3. The molecule has 2 amide bonds. The quantitative estimate of drug-likeness (QED) is 0.0414. The Bertz CT molecular complexity index is 2320. The number of anilines is 1. The Morgan fingerprint density at radius 2 is 1.58 bits per heavy atom. The Balaban J connectivity index is 1.35. The van der Waals surface area contributed by atoms with Crippen LogP contribution in [0.5, 0.6) is 23.0 Å². The molecular formula is C52H61N3O11. The number of nitrogens with one attached hydrogen (secondary N) is 1. The number of allylic oxidation sites excluding steroid dienone is 1. The van der Waals surface area contributed by atoms with Gasteiger partial charge in [-0.3, -0.25) is 5.32 Å². The first-order valence-electron chi connectivity index (χ1n) is 22.6. The standard InChI is InChI=1S/C52H61N3O11/c1-5-28-63-52-47(55(2)51(59)62-33-35-16-8-6-9-17-35)32-44(54-64-34-36-18-10-7-11-19-36)41-29-37(20-12-14-26-56)40(21-13-15-27-57)48(49(41)52)42-30-39(23-25-45(42)66-52)65-50(58)53-43-24-22-38(60-3)31-46(43)61-4/h5-11,16-19,22-25,29-31,37,40,47-49,56-57H,1,12-15,20-21,26-28,32-34H2,2-4H3,(H,53,58)/t37-,40+,47-,48+,49+,52+/m0/s1. The van der Waals surface area contributed by atoms with E-state index in [9.17, 15) is 19.8 Å². The van der Waals surface area contributed by atoms with Crippen molar-refractivity contribution in [3.63, 3.8) is 0 Å². The van der Waals surface area contributed by atoms with E-state index >= 15 is 0 Å². The molecule has 3 aliphatic rings. The van der Waals surface area contributed by atoms with Crippen molar-refractivity contribution in [3.05, 3.63) is 138 Å². The third-order valence-electron chi connectivity index (χ3n) is 12.7. The minimum absolute atomic E-state index is 0.00519. The number of hydrogen-bond acceptors (Lipinski definition) is 12. The molecule has 3 N–H and O–H groups in total. The summed E-state index contributed by atoms with van der Waals surface area (Å²) in [5.41, 5.74) is 4.47. The maximum atomic E-state index is 14.3. The van der Waals surface area contributed by atoms with E-state index in [-0.39, 0.29) is 63.0 Å². The molecule has 66 heavy (non-hydrogen) atoms. The van der Waals surface area contributed by atoms with Crippen molar-refractivity contribution in [2.24, 2.45) is 22.9 Å². The van der Waals surface area contributed by atoms with Crippen LogP contribution in [0.15, 0.2) is 127 Å². The Kier molecular flexibility index (Phi) is 16.4. The lowest BCUT2D eigenvalue weighted by Gasteiger charge is -2.59. The Hall–Kier alpha value is -6.35. The van der Waals surface area contributed by atoms with Crippen molar-refractivity contribution >= 4 is 23.6 Å². The maximum absolute atomic E-state index is 14.3. The number of carbonyl (C=O) groups excluding carboxylic acids is 2. The van der Waals surface area contributed by atoms with Crippen LogP contribution in [0.25, 0.3) is 0 Å². The number of ether oxygens (including phenoxy) is 6. The highest BCUT2D eigenvalue weighted by Gasteiger charge is 2.65. The molecule has 1 fully saturated rings. The lowest BCUT2D eigenvalue weighted by molar-refractivity contribution is -0.253. The number of rotatable bonds is 21. The van der Waals surface area contributed by atoms with E-state index in [1.54, 1.807) is 55.5 Å². The fourth-order valence-corrected chi connectivity index (χ4v) is 9.64. The third kappa shape index (κ3) is 10.8. The highest BCUT2D eigenvalue weighted by molar-refractivity contribution is 6.03. The number of carbonyl (C=O) groups is 2. The number of aliphatic hydroxyl groups is 2. The van der Waals surface area contributed by atoms with E-state index in [2.05, 4.69) is 18.0 Å². The highest BCUT2D eigenvalue weighted by atomic mass is 16.7. The number of oxime groups is 1. The number of likely N-dealkylation sites (N-methyl/N-ethyl adjacent to an activating group) is 1. The summed E-state index contributed by atoms with van der Waals surface area (Å²) in [5, 5.41) is 27.6. The molecule has 0 saturated heterocycles. The molecule has 1 aliphatic heterocycles. The lowest BCUT2D eigenvalue weighted by Crippen LogP contribution is -2.69. The molecule has 6 atom stereocenters. The smallest absolute Gasteiger partial charge is 0.417 e. The number of unbranched alkanes of at least 4 members (excludes halogenated alkanes) is 2. The van der Waals surface area contributed by atoms with Gasteiger partial charge >= 0.3 is 12.2 Å². The fraction of sp³-hybridized carbons (Fsp3) is 0.404. The van der Waals surface area contributed by atoms with Gasteiger partial charge in [0.15, 0.2) is 0 Å². The predicted octanol–water partition coefficient (Wildman–Crippen LogP) is 9.42. The third-order valence-corrected chi connectivity index (χ3v) is 12.7. The summed E-state index contributed by atoms with van der Waals surface area (Å²) in [7, 11) is 4.74. The van der Waals surface area contributed by atoms with Crippen LogP contribution in [0.3, 0.4) is 0 Å². The van der Waals surface area contributed by atoms with Crippen LogP contribution in [0.4, 0.5) is 15.3 Å². The van der Waals surface area contributed by atoms with Crippen molar-refractivity contribution < 1.29 is 53.1 Å². The zero-order chi connectivity index (χ0) is 46.5. The summed E-state index contributed by atoms with van der Waals surface area (Å²) in [4.78, 5) is 35.6. The van der Waals surface area contributed by atoms with E-state index in [0.29, 0.717) is 41.5 Å². The summed E-state index contributed by atoms with van der Waals surface area (Å²) >= 11 is 0. The average Bonchev–Trinajstić information content (AvgIpc) is 3.34. The first kappa shape index (κ1) is 47.6. The molecule has 1 heterocycles. The van der Waals surface area contributed by atoms with Crippen molar-refractivity contribution in [1.82, 2.24) is 4.90 Å². The second-order valence-corrected chi connectivity index (χ2v) is 16.8. The molecule has 0 radical (unpaired) electrons. The van der Waals surface area contributed by atoms with Gasteiger partial charge in [-0.15, -0.1) is 6.58 Å². The lowest BCUT2D eigenvalue weighted by atomic mass is 9.55. The minimum Gasteiger partial charge on any atom is -0.497 e. The van der Waals surface area contributed by atoms with Gasteiger partial charge in [0.25, 0.3) is 0 Å². The van der Waals surface area contributed by atoms with E-state index < -0.39 is 29.9 Å². The number of amides is 2. The largest absolute Gasteiger partial charge is 0.497 e. The minimum atomic E-state index is -1.49. The summed E-state index contributed by atoms with van der Waals surface area (Å²) in [5.74, 6) is -0.732. The Labute approximate surface area is 386 Å². The zero-order valence-corrected chi connectivity index (χ0v) is 37.9. The monoisotopic (exact) mass is 903 g/mol. The van der Waals surface area contributed by atoms with Gasteiger partial charge in [-0.25, -0.2) is 9.59 Å². The number of nitrogens with zero attached hydrogens (tertiary/aromatic N) is 2. The molecule has 14 heteroatoms. The van der Waals surface area contributed by atoms with Gasteiger partial charge in [-0.05, 0) is 84.6 Å². The normalized spacial score (nSPS) is 22.1. The molecular weight excluding hydrogens is 843 g/mol. The number of aliphatic hydroxyl groups excluding tert-OH is 2. The van der Waals surface area contributed by atoms with Crippen molar-refractivity contribution in [1.29, 1.82) is 0 Å². The van der Waals surface area contributed by atoms with Gasteiger partial charge in [0.05, 0.1) is 38.1 Å². The SMILES string of the molecule is C=CCO[C@@]12Oc3ccc(OC(=O)Nc4ccc(OC)cc4OC)cc3[C@H]3[C@H](CCCCO)[C@@H](CCCCO)C=C(C(=NOCc4ccccc4)C[C@@H]1N(C)C(=O)OCc1ccccc1)[C@H]32. The Morgan fingerprint density at radius 3 is 2.26 bits per heavy atom. The van der Waals surface area contributed by atoms with Gasteiger partial charge < -0.3 is 48.4 Å². The maximum Gasteiger partial charge on any atom is 0.417 e. The summed E-state index contributed by atoms with van der Waals surface area (Å²) in [6.45, 7) is 4.49. The summed E-state index contributed by atoms with van der Waals surface area (Å²) in [6.07, 6.45) is 7.06. The topological polar surface area (TPSA) is 167 Å². The second-order valence-electron chi connectivity index (χ2n) is 16.8. The van der Waals surface area contributed by atoms with Crippen LogP contribution in [-0.4, -0.2) is 85.9 Å². The van der Waals surface area contributed by atoms with Crippen LogP contribution in [0.2, 0.25) is 0 Å². The van der Waals surface area contributed by atoms with E-state index in [1.165, 1.54) is 7.11 Å². The molecule has 0 unspecified atom stereocenters. The fourth-order valence-electron chi connectivity index (χ4n) is 9.64. The molecule has 2 aliphatic carbocycles. The van der Waals surface area contributed by atoms with Crippen molar-refractivity contribution in [2.75, 3.05) is 46.4 Å². The molecule has 4 aromatic carbocycles. The first-order valence-corrected chi connectivity index (χ1v) is 22.6.